The summed E-state index contributed by atoms with van der Waals surface area (Å²) in [6.07, 6.45) is 3.81. The van der Waals surface area contributed by atoms with Gasteiger partial charge in [-0.1, -0.05) is 58.4 Å². The second-order valence-electron chi connectivity index (χ2n) is 13.5. The van der Waals surface area contributed by atoms with Crippen molar-refractivity contribution in [3.63, 3.8) is 0 Å². The molecule has 7 atom stereocenters. The van der Waals surface area contributed by atoms with Crippen molar-refractivity contribution in [3.05, 3.63) is 85.5 Å². The van der Waals surface area contributed by atoms with Crippen LogP contribution in [0.3, 0.4) is 0 Å². The van der Waals surface area contributed by atoms with Crippen LogP contribution in [0.4, 0.5) is 11.4 Å². The first kappa shape index (κ1) is 39.2. The summed E-state index contributed by atoms with van der Waals surface area (Å²) in [6.45, 7) is 13.8. The van der Waals surface area contributed by atoms with Crippen molar-refractivity contribution < 1.29 is 33.8 Å². The average Bonchev–Trinajstić information content (AvgIpc) is 3.75. The Balaban J connectivity index is 1.47. The number of halogens is 1. The zero-order valence-corrected chi connectivity index (χ0v) is 31.7. The molecule has 0 aliphatic carbocycles. The molecule has 11 nitrogen and oxygen atoms in total. The predicted molar refractivity (Wildman–Crippen MR) is 204 cm³/mol. The molecule has 3 aliphatic heterocycles. The van der Waals surface area contributed by atoms with Crippen molar-refractivity contribution in [1.82, 2.24) is 10.2 Å². The van der Waals surface area contributed by atoms with Crippen LogP contribution in [-0.4, -0.2) is 95.6 Å². The first-order valence-corrected chi connectivity index (χ1v) is 19.2. The number of hydrogen-bond donors (Lipinski definition) is 2. The van der Waals surface area contributed by atoms with Gasteiger partial charge >= 0.3 is 5.97 Å². The molecule has 3 heterocycles. The van der Waals surface area contributed by atoms with Gasteiger partial charge in [0.05, 0.1) is 24.5 Å². The molecule has 3 saturated heterocycles. The van der Waals surface area contributed by atoms with E-state index >= 15 is 0 Å². The predicted octanol–water partition coefficient (Wildman–Crippen LogP) is 4.94. The van der Waals surface area contributed by atoms with E-state index in [0.717, 1.165) is 18.8 Å². The van der Waals surface area contributed by atoms with Crippen LogP contribution < -0.4 is 15.1 Å². The number of nitrogens with one attached hydrogen (secondary N) is 1. The molecule has 280 valence electrons. The normalized spacial score (nSPS) is 25.0. The number of carbonyl (C=O) groups is 4. The SMILES string of the molecule is C=CCCC(=O)NC[C@@H](OC(=O)[C@@H]1[C@H]2O[C@@]3(CC2Br)[C@H](C(=O)N(CC=C)c2ccc(N(CC)CC)cc2)N(CCCCO)C(=O)[C@@H]13)c1ccccc1. The number of ether oxygens (including phenoxy) is 2. The number of hydrogen-bond acceptors (Lipinski definition) is 8. The lowest BCUT2D eigenvalue weighted by Gasteiger charge is -2.37. The number of nitrogens with zero attached hydrogens (tertiary/aromatic N) is 3. The van der Waals surface area contributed by atoms with E-state index in [4.69, 9.17) is 9.47 Å². The number of carbonyl (C=O) groups excluding carboxylic acids is 4. The largest absolute Gasteiger partial charge is 0.455 e. The number of fused-ring (bicyclic) bond motifs is 1. The summed E-state index contributed by atoms with van der Waals surface area (Å²) in [5.74, 6) is -3.44. The zero-order chi connectivity index (χ0) is 37.4. The van der Waals surface area contributed by atoms with Crippen molar-refractivity contribution in [1.29, 1.82) is 0 Å². The summed E-state index contributed by atoms with van der Waals surface area (Å²) in [7, 11) is 0. The topological polar surface area (TPSA) is 129 Å². The van der Waals surface area contributed by atoms with Gasteiger partial charge in [0, 0.05) is 55.4 Å². The molecule has 5 rings (SSSR count). The molecule has 2 bridgehead atoms. The van der Waals surface area contributed by atoms with Gasteiger partial charge in [-0.3, -0.25) is 19.2 Å². The fraction of sp³-hybridized carbons (Fsp3) is 0.500. The molecular formula is C40H51BrN4O7. The third-order valence-electron chi connectivity index (χ3n) is 10.5. The number of rotatable bonds is 19. The number of alkyl halides is 1. The standard InChI is InChI=1S/C40H51BrN4O7/c1-5-9-17-32(47)42-26-31(27-15-11-10-12-16-27)51-39(50)33-34-37(48)45(23-13-14-24-46)36(40(34)25-30(41)35(33)52-40)38(49)44(22-6-2)29-20-18-28(19-21-29)43(7-3)8-4/h5-6,10-12,15-16,18-21,30-31,33-36,46H,1-2,7-9,13-14,17,22-26H2,3-4H3,(H,42,47)/t30?,31-,33+,34-,35+,36+,40-/m1/s1. The van der Waals surface area contributed by atoms with Crippen LogP contribution in [0, 0.1) is 11.8 Å². The molecule has 2 aromatic rings. The highest BCUT2D eigenvalue weighted by Crippen LogP contribution is 2.60. The minimum Gasteiger partial charge on any atom is -0.455 e. The molecule has 2 aromatic carbocycles. The maximum absolute atomic E-state index is 14.9. The highest BCUT2D eigenvalue weighted by molar-refractivity contribution is 9.09. The maximum Gasteiger partial charge on any atom is 0.313 e. The Hall–Kier alpha value is -4.00. The zero-order valence-electron chi connectivity index (χ0n) is 30.1. The number of aliphatic hydroxyl groups is 1. The molecule has 0 aromatic heterocycles. The number of esters is 1. The fourth-order valence-electron chi connectivity index (χ4n) is 7.99. The summed E-state index contributed by atoms with van der Waals surface area (Å²) in [6, 6.07) is 15.9. The smallest absolute Gasteiger partial charge is 0.313 e. The van der Waals surface area contributed by atoms with Crippen LogP contribution >= 0.6 is 15.9 Å². The minimum absolute atomic E-state index is 0.0451. The Morgan fingerprint density at radius 2 is 1.77 bits per heavy atom. The van der Waals surface area contributed by atoms with Crippen molar-refractivity contribution in [2.45, 2.75) is 74.6 Å². The molecule has 1 unspecified atom stereocenters. The number of allylic oxidation sites excluding steroid dienone is 1. The first-order valence-electron chi connectivity index (χ1n) is 18.3. The Kier molecular flexibility index (Phi) is 13.3. The lowest BCUT2D eigenvalue weighted by Crippen LogP contribution is -2.57. The highest BCUT2D eigenvalue weighted by Gasteiger charge is 2.77. The molecule has 12 heteroatoms. The lowest BCUT2D eigenvalue weighted by molar-refractivity contribution is -0.160. The molecule has 3 fully saturated rings. The average molecular weight is 780 g/mol. The number of anilines is 2. The quantitative estimate of drug-likeness (QED) is 0.0889. The minimum atomic E-state index is -1.29. The Labute approximate surface area is 315 Å². The van der Waals surface area contributed by atoms with Gasteiger partial charge < -0.3 is 34.6 Å². The third kappa shape index (κ3) is 7.84. The van der Waals surface area contributed by atoms with E-state index in [1.165, 1.54) is 0 Å². The Bertz CT molecular complexity index is 1590. The van der Waals surface area contributed by atoms with Crippen LogP contribution in [0.15, 0.2) is 79.9 Å². The molecule has 2 N–H and O–H groups in total. The summed E-state index contributed by atoms with van der Waals surface area (Å²) in [5, 5.41) is 12.4. The van der Waals surface area contributed by atoms with Gasteiger partial charge in [-0.15, -0.1) is 13.2 Å². The van der Waals surface area contributed by atoms with Crippen LogP contribution in [0.1, 0.15) is 57.6 Å². The van der Waals surface area contributed by atoms with E-state index < -0.39 is 41.7 Å². The van der Waals surface area contributed by atoms with Crippen molar-refractivity contribution >= 4 is 51.0 Å². The van der Waals surface area contributed by atoms with E-state index in [-0.39, 0.29) is 55.2 Å². The molecule has 0 saturated carbocycles. The number of benzene rings is 2. The van der Waals surface area contributed by atoms with Gasteiger partial charge in [-0.2, -0.15) is 0 Å². The van der Waals surface area contributed by atoms with E-state index in [0.29, 0.717) is 36.9 Å². The third-order valence-corrected chi connectivity index (χ3v) is 11.3. The summed E-state index contributed by atoms with van der Waals surface area (Å²) in [5.41, 5.74) is 1.09. The van der Waals surface area contributed by atoms with Gasteiger partial charge in [0.1, 0.15) is 17.7 Å². The number of likely N-dealkylation sites (tertiary alicyclic amines) is 1. The lowest BCUT2D eigenvalue weighted by atomic mass is 9.70. The molecule has 52 heavy (non-hydrogen) atoms. The number of aliphatic hydroxyl groups excluding tert-OH is 1. The summed E-state index contributed by atoms with van der Waals surface area (Å²) >= 11 is 3.74. The van der Waals surface area contributed by atoms with Crippen LogP contribution in [0.2, 0.25) is 0 Å². The van der Waals surface area contributed by atoms with Gasteiger partial charge in [0.2, 0.25) is 11.8 Å². The molecule has 3 aliphatic rings. The second-order valence-corrected chi connectivity index (χ2v) is 14.7. The monoisotopic (exact) mass is 778 g/mol. The summed E-state index contributed by atoms with van der Waals surface area (Å²) < 4.78 is 12.9. The Morgan fingerprint density at radius 3 is 2.40 bits per heavy atom. The van der Waals surface area contributed by atoms with Crippen molar-refractivity contribution in [2.75, 3.05) is 49.1 Å². The first-order chi connectivity index (χ1) is 25.1. The second kappa shape index (κ2) is 17.7. The molecule has 0 radical (unpaired) electrons. The van der Waals surface area contributed by atoms with Crippen molar-refractivity contribution in [2.24, 2.45) is 11.8 Å². The van der Waals surface area contributed by atoms with E-state index in [9.17, 15) is 24.3 Å². The van der Waals surface area contributed by atoms with Crippen molar-refractivity contribution in [3.8, 4) is 0 Å². The Morgan fingerprint density at radius 1 is 1.08 bits per heavy atom. The van der Waals surface area contributed by atoms with E-state index in [2.05, 4.69) is 53.2 Å². The van der Waals surface area contributed by atoms with Crippen LogP contribution in [-0.2, 0) is 28.7 Å². The van der Waals surface area contributed by atoms with E-state index in [1.807, 2.05) is 54.6 Å². The van der Waals surface area contributed by atoms with Gasteiger partial charge in [0.15, 0.2) is 0 Å². The molecular weight excluding hydrogens is 728 g/mol. The van der Waals surface area contributed by atoms with E-state index in [1.54, 1.807) is 22.0 Å². The molecule has 3 amide bonds. The fourth-order valence-corrected chi connectivity index (χ4v) is 8.93. The molecule has 1 spiro atoms. The van der Waals surface area contributed by atoms with Gasteiger partial charge in [-0.25, -0.2) is 0 Å². The number of unbranched alkanes of at least 4 members (excludes halogenated alkanes) is 1. The summed E-state index contributed by atoms with van der Waals surface area (Å²) in [4.78, 5) is 61.4. The van der Waals surface area contributed by atoms with Gasteiger partial charge in [-0.05, 0) is 69.4 Å². The van der Waals surface area contributed by atoms with Gasteiger partial charge in [0.25, 0.3) is 5.91 Å². The van der Waals surface area contributed by atoms with Crippen LogP contribution in [0.5, 0.6) is 0 Å². The highest BCUT2D eigenvalue weighted by atomic mass is 79.9. The van der Waals surface area contributed by atoms with Crippen LogP contribution in [0.25, 0.3) is 0 Å². The number of amides is 3. The maximum atomic E-state index is 14.9.